The van der Waals surface area contributed by atoms with Gasteiger partial charge in [0.15, 0.2) is 0 Å². The number of hydrogen-bond acceptors (Lipinski definition) is 2. The molecule has 0 aromatic heterocycles. The van der Waals surface area contributed by atoms with E-state index in [2.05, 4.69) is 36.7 Å². The van der Waals surface area contributed by atoms with Crippen LogP contribution in [0.15, 0.2) is 28.7 Å². The lowest BCUT2D eigenvalue weighted by atomic mass is 9.83. The minimum atomic E-state index is -0.484. The summed E-state index contributed by atoms with van der Waals surface area (Å²) in [5, 5.41) is 10.0. The molecule has 2 atom stereocenters. The zero-order valence-corrected chi connectivity index (χ0v) is 12.9. The fourth-order valence-electron chi connectivity index (χ4n) is 1.42. The molecule has 0 aliphatic carbocycles. The number of benzene rings is 1. The number of aliphatic hydroxyl groups is 1. The van der Waals surface area contributed by atoms with Crippen molar-refractivity contribution in [1.82, 2.24) is 0 Å². The highest BCUT2D eigenvalue weighted by Crippen LogP contribution is 2.27. The molecule has 0 amide bonds. The topological polar surface area (TPSA) is 46.2 Å². The van der Waals surface area contributed by atoms with Gasteiger partial charge in [0.25, 0.3) is 0 Å². The van der Waals surface area contributed by atoms with Crippen LogP contribution < -0.4 is 5.73 Å². The Balaban J connectivity index is 0.00000256. The molecule has 0 radical (unpaired) electrons. The molecule has 4 heteroatoms. The van der Waals surface area contributed by atoms with Crippen LogP contribution in [0.2, 0.25) is 0 Å². The summed E-state index contributed by atoms with van der Waals surface area (Å²) in [6, 6.07) is 7.70. The van der Waals surface area contributed by atoms with E-state index in [0.29, 0.717) is 6.42 Å². The lowest BCUT2D eigenvalue weighted by molar-refractivity contribution is 0.133. The molecule has 0 saturated carbocycles. The van der Waals surface area contributed by atoms with E-state index < -0.39 is 6.10 Å². The summed E-state index contributed by atoms with van der Waals surface area (Å²) in [5.74, 6) is 0. The first-order valence-electron chi connectivity index (χ1n) is 5.50. The van der Waals surface area contributed by atoms with Gasteiger partial charge in [-0.1, -0.05) is 48.8 Å². The van der Waals surface area contributed by atoms with Crippen molar-refractivity contribution in [3.05, 3.63) is 34.3 Å². The average molecular weight is 323 g/mol. The number of hydrogen-bond donors (Lipinski definition) is 2. The van der Waals surface area contributed by atoms with Gasteiger partial charge in [0.2, 0.25) is 0 Å². The fourth-order valence-corrected chi connectivity index (χ4v) is 1.68. The van der Waals surface area contributed by atoms with Crippen LogP contribution in [-0.2, 0) is 0 Å². The molecule has 0 aliphatic heterocycles. The summed E-state index contributed by atoms with van der Waals surface area (Å²) in [7, 11) is 0. The van der Waals surface area contributed by atoms with Crippen LogP contribution in [0.3, 0.4) is 0 Å². The molecule has 0 unspecified atom stereocenters. The smallest absolute Gasteiger partial charge is 0.0805 e. The summed E-state index contributed by atoms with van der Waals surface area (Å²) in [4.78, 5) is 0. The van der Waals surface area contributed by atoms with Crippen LogP contribution in [0.1, 0.15) is 38.9 Å². The second-order valence-corrected chi connectivity index (χ2v) is 6.19. The Labute approximate surface area is 118 Å². The standard InChI is InChI=1S/C13H20BrNO.ClH/c1-13(2,3)12(15)8-11(16)9-4-6-10(14)7-5-9;/h4-7,11-12,16H,8,15H2,1-3H3;1H/t11-,12+;/m0./s1. The first-order valence-corrected chi connectivity index (χ1v) is 6.29. The Kier molecular flexibility index (Phi) is 6.70. The van der Waals surface area contributed by atoms with Crippen LogP contribution in [0.25, 0.3) is 0 Å². The number of rotatable bonds is 3. The highest BCUT2D eigenvalue weighted by atomic mass is 79.9. The lowest BCUT2D eigenvalue weighted by Crippen LogP contribution is -2.36. The zero-order chi connectivity index (χ0) is 12.3. The summed E-state index contributed by atoms with van der Waals surface area (Å²) in [5.41, 5.74) is 6.99. The van der Waals surface area contributed by atoms with Crippen LogP contribution in [0.4, 0.5) is 0 Å². The number of halogens is 2. The maximum Gasteiger partial charge on any atom is 0.0805 e. The van der Waals surface area contributed by atoms with E-state index in [1.807, 2.05) is 24.3 Å². The molecular formula is C13H21BrClNO. The van der Waals surface area contributed by atoms with Gasteiger partial charge in [-0.15, -0.1) is 12.4 Å². The SMILES string of the molecule is CC(C)(C)[C@H](N)C[C@H](O)c1ccc(Br)cc1.Cl. The van der Waals surface area contributed by atoms with E-state index in [9.17, 15) is 5.11 Å². The molecule has 0 spiro atoms. The van der Waals surface area contributed by atoms with Crippen molar-refractivity contribution in [3.8, 4) is 0 Å². The van der Waals surface area contributed by atoms with Gasteiger partial charge in [-0.2, -0.15) is 0 Å². The van der Waals surface area contributed by atoms with Gasteiger partial charge < -0.3 is 10.8 Å². The summed E-state index contributed by atoms with van der Waals surface area (Å²) in [6.07, 6.45) is 0.104. The minimum absolute atomic E-state index is 0. The molecular weight excluding hydrogens is 302 g/mol. The maximum atomic E-state index is 10.0. The molecule has 98 valence electrons. The molecule has 0 fully saturated rings. The summed E-state index contributed by atoms with van der Waals surface area (Å²) >= 11 is 3.37. The van der Waals surface area contributed by atoms with E-state index in [4.69, 9.17) is 5.73 Å². The molecule has 0 bridgehead atoms. The van der Waals surface area contributed by atoms with Crippen molar-refractivity contribution in [3.63, 3.8) is 0 Å². The van der Waals surface area contributed by atoms with Crippen molar-refractivity contribution in [2.45, 2.75) is 39.3 Å². The van der Waals surface area contributed by atoms with Gasteiger partial charge >= 0.3 is 0 Å². The minimum Gasteiger partial charge on any atom is -0.388 e. The number of aliphatic hydroxyl groups excluding tert-OH is 1. The molecule has 3 N–H and O–H groups in total. The Morgan fingerprint density at radius 2 is 1.71 bits per heavy atom. The van der Waals surface area contributed by atoms with Gasteiger partial charge in [-0.05, 0) is 29.5 Å². The highest BCUT2D eigenvalue weighted by Gasteiger charge is 2.23. The van der Waals surface area contributed by atoms with Gasteiger partial charge in [0.05, 0.1) is 6.10 Å². The Bertz CT molecular complexity index is 334. The average Bonchev–Trinajstić information content (AvgIpc) is 2.17. The van der Waals surface area contributed by atoms with Crippen molar-refractivity contribution < 1.29 is 5.11 Å². The van der Waals surface area contributed by atoms with Gasteiger partial charge in [0.1, 0.15) is 0 Å². The first kappa shape index (κ1) is 16.9. The van der Waals surface area contributed by atoms with E-state index in [0.717, 1.165) is 10.0 Å². The molecule has 1 aromatic rings. The summed E-state index contributed by atoms with van der Waals surface area (Å²) in [6.45, 7) is 6.27. The maximum absolute atomic E-state index is 10.0. The molecule has 1 rings (SSSR count). The van der Waals surface area contributed by atoms with E-state index in [-0.39, 0.29) is 23.9 Å². The quantitative estimate of drug-likeness (QED) is 0.892. The fraction of sp³-hybridized carbons (Fsp3) is 0.538. The molecule has 1 aromatic carbocycles. The monoisotopic (exact) mass is 321 g/mol. The third-order valence-electron chi connectivity index (χ3n) is 2.84. The Morgan fingerprint density at radius 1 is 1.24 bits per heavy atom. The highest BCUT2D eigenvalue weighted by molar-refractivity contribution is 9.10. The van der Waals surface area contributed by atoms with Crippen molar-refractivity contribution in [2.24, 2.45) is 11.1 Å². The van der Waals surface area contributed by atoms with Crippen molar-refractivity contribution >= 4 is 28.3 Å². The van der Waals surface area contributed by atoms with E-state index in [1.165, 1.54) is 0 Å². The predicted molar refractivity (Wildman–Crippen MR) is 78.4 cm³/mol. The predicted octanol–water partition coefficient (Wildman–Crippen LogP) is 3.67. The largest absolute Gasteiger partial charge is 0.388 e. The van der Waals surface area contributed by atoms with Crippen molar-refractivity contribution in [1.29, 1.82) is 0 Å². The van der Waals surface area contributed by atoms with Crippen LogP contribution in [0.5, 0.6) is 0 Å². The molecule has 0 saturated heterocycles. The lowest BCUT2D eigenvalue weighted by Gasteiger charge is -2.29. The molecule has 0 aliphatic rings. The van der Waals surface area contributed by atoms with Crippen molar-refractivity contribution in [2.75, 3.05) is 0 Å². The van der Waals surface area contributed by atoms with E-state index in [1.54, 1.807) is 0 Å². The van der Waals surface area contributed by atoms with Crippen LogP contribution in [0, 0.1) is 5.41 Å². The van der Waals surface area contributed by atoms with Gasteiger partial charge in [0, 0.05) is 10.5 Å². The zero-order valence-electron chi connectivity index (χ0n) is 10.5. The van der Waals surface area contributed by atoms with Crippen LogP contribution in [-0.4, -0.2) is 11.1 Å². The third-order valence-corrected chi connectivity index (χ3v) is 3.37. The molecule has 17 heavy (non-hydrogen) atoms. The second kappa shape index (κ2) is 6.74. The first-order chi connectivity index (χ1) is 7.30. The Morgan fingerprint density at radius 3 is 2.12 bits per heavy atom. The third kappa shape index (κ3) is 5.38. The van der Waals surface area contributed by atoms with Gasteiger partial charge in [-0.25, -0.2) is 0 Å². The summed E-state index contributed by atoms with van der Waals surface area (Å²) < 4.78 is 1.02. The van der Waals surface area contributed by atoms with E-state index >= 15 is 0 Å². The number of nitrogens with two attached hydrogens (primary N) is 1. The molecule has 2 nitrogen and oxygen atoms in total. The Hall–Kier alpha value is -0.0900. The normalized spacial score (nSPS) is 14.9. The van der Waals surface area contributed by atoms with Crippen LogP contribution >= 0.6 is 28.3 Å². The second-order valence-electron chi connectivity index (χ2n) is 5.28. The van der Waals surface area contributed by atoms with Gasteiger partial charge in [-0.3, -0.25) is 0 Å². The molecule has 0 heterocycles.